The molecule has 0 radical (unpaired) electrons. The average molecular weight is 334 g/mol. The lowest BCUT2D eigenvalue weighted by Crippen LogP contribution is -2.54. The molecular formula is C22H39NO. The highest BCUT2D eigenvalue weighted by molar-refractivity contribution is 5.05. The standard InChI is InChI=1S/C16H27N.C6H12O/c1-2-11-12-7-3-5-9-14(12)16(17)15-10-6-4-8-13(11)15;7-6-4-2-1-3-5-6/h2,11-16H,1,3-10,17H2;6-7H,1-5H2. The number of hydrogen-bond acceptors (Lipinski definition) is 2. The Labute approximate surface area is 149 Å². The molecule has 0 aliphatic heterocycles. The van der Waals surface area contributed by atoms with E-state index in [1.54, 1.807) is 0 Å². The van der Waals surface area contributed by atoms with E-state index in [0.717, 1.165) is 42.4 Å². The monoisotopic (exact) mass is 333 g/mol. The molecule has 0 heterocycles. The number of rotatable bonds is 1. The molecule has 138 valence electrons. The van der Waals surface area contributed by atoms with Gasteiger partial charge in [0, 0.05) is 6.04 Å². The van der Waals surface area contributed by atoms with E-state index in [1.807, 2.05) is 0 Å². The Kier molecular flexibility index (Phi) is 6.80. The summed E-state index contributed by atoms with van der Waals surface area (Å²) < 4.78 is 0. The van der Waals surface area contributed by atoms with Gasteiger partial charge in [-0.05, 0) is 68.1 Å². The van der Waals surface area contributed by atoms with Crippen LogP contribution in [0.15, 0.2) is 12.7 Å². The topological polar surface area (TPSA) is 46.2 Å². The number of aliphatic hydroxyl groups excluding tert-OH is 1. The number of hydrogen-bond donors (Lipinski definition) is 2. The second-order valence-electron chi connectivity index (χ2n) is 8.91. The number of aliphatic hydroxyl groups is 1. The first-order valence-corrected chi connectivity index (χ1v) is 10.8. The molecule has 24 heavy (non-hydrogen) atoms. The van der Waals surface area contributed by atoms with Crippen molar-refractivity contribution in [2.75, 3.05) is 0 Å². The van der Waals surface area contributed by atoms with Crippen LogP contribution in [0.1, 0.15) is 83.5 Å². The van der Waals surface area contributed by atoms with Crippen molar-refractivity contribution in [3.63, 3.8) is 0 Å². The molecule has 0 spiro atoms. The normalized spacial score (nSPS) is 42.9. The third-order valence-electron chi connectivity index (χ3n) is 7.57. The molecule has 4 fully saturated rings. The quantitative estimate of drug-likeness (QED) is 0.659. The van der Waals surface area contributed by atoms with Gasteiger partial charge in [-0.3, -0.25) is 0 Å². The van der Waals surface area contributed by atoms with Crippen molar-refractivity contribution < 1.29 is 5.11 Å². The summed E-state index contributed by atoms with van der Waals surface area (Å²) in [6.07, 6.45) is 19.5. The van der Waals surface area contributed by atoms with Gasteiger partial charge in [-0.25, -0.2) is 0 Å². The van der Waals surface area contributed by atoms with Crippen LogP contribution in [0.5, 0.6) is 0 Å². The highest BCUT2D eigenvalue weighted by Gasteiger charge is 2.48. The molecule has 4 rings (SSSR count). The summed E-state index contributed by atoms with van der Waals surface area (Å²) in [6.45, 7) is 4.15. The summed E-state index contributed by atoms with van der Waals surface area (Å²) in [6, 6.07) is 0.502. The van der Waals surface area contributed by atoms with E-state index >= 15 is 0 Å². The third-order valence-corrected chi connectivity index (χ3v) is 7.57. The first-order valence-electron chi connectivity index (χ1n) is 10.8. The maximum atomic E-state index is 8.91. The number of allylic oxidation sites excluding steroid dienone is 1. The molecule has 4 aliphatic carbocycles. The van der Waals surface area contributed by atoms with E-state index in [0.29, 0.717) is 6.04 Å². The molecule has 4 unspecified atom stereocenters. The average Bonchev–Trinajstić information content (AvgIpc) is 2.64. The van der Waals surface area contributed by atoms with E-state index in [9.17, 15) is 0 Å². The number of nitrogens with two attached hydrogens (primary N) is 1. The zero-order chi connectivity index (χ0) is 16.9. The van der Waals surface area contributed by atoms with Crippen LogP contribution < -0.4 is 5.73 Å². The Hall–Kier alpha value is -0.340. The lowest BCUT2D eigenvalue weighted by molar-refractivity contribution is -0.00730. The minimum absolute atomic E-state index is 0.0359. The van der Waals surface area contributed by atoms with Crippen molar-refractivity contribution in [3.8, 4) is 0 Å². The highest BCUT2D eigenvalue weighted by atomic mass is 16.3. The molecule has 3 N–H and O–H groups in total. The molecule has 0 amide bonds. The predicted octanol–water partition coefficient (Wildman–Crippen LogP) is 5.05. The Morgan fingerprint density at radius 1 is 0.667 bits per heavy atom. The lowest BCUT2D eigenvalue weighted by atomic mass is 9.53. The summed E-state index contributed by atoms with van der Waals surface area (Å²) in [5.41, 5.74) is 6.63. The molecular weight excluding hydrogens is 294 g/mol. The number of fused-ring (bicyclic) bond motifs is 2. The summed E-state index contributed by atoms with van der Waals surface area (Å²) in [4.78, 5) is 0. The van der Waals surface area contributed by atoms with Gasteiger partial charge in [0.05, 0.1) is 6.10 Å². The summed E-state index contributed by atoms with van der Waals surface area (Å²) in [5, 5.41) is 8.91. The Balaban J connectivity index is 0.000000203. The summed E-state index contributed by atoms with van der Waals surface area (Å²) >= 11 is 0. The van der Waals surface area contributed by atoms with E-state index in [1.165, 1.54) is 70.6 Å². The minimum atomic E-state index is 0.0359. The first kappa shape index (κ1) is 18.5. The zero-order valence-electron chi connectivity index (χ0n) is 15.5. The largest absolute Gasteiger partial charge is 0.393 e. The molecule has 0 saturated heterocycles. The Morgan fingerprint density at radius 3 is 1.46 bits per heavy atom. The second-order valence-corrected chi connectivity index (χ2v) is 8.91. The minimum Gasteiger partial charge on any atom is -0.393 e. The SMILES string of the molecule is C=CC1C2CCCCC2C(N)C2CCCCC12.OC1CCCCC1. The fourth-order valence-corrected chi connectivity index (χ4v) is 6.35. The molecule has 0 aromatic carbocycles. The first-order chi connectivity index (χ1) is 11.7. The van der Waals surface area contributed by atoms with Crippen LogP contribution in [0.4, 0.5) is 0 Å². The molecule has 2 heteroatoms. The van der Waals surface area contributed by atoms with Crippen molar-refractivity contribution in [2.24, 2.45) is 35.3 Å². The molecule has 4 aliphatic rings. The van der Waals surface area contributed by atoms with Crippen LogP contribution in [0, 0.1) is 29.6 Å². The van der Waals surface area contributed by atoms with Crippen LogP contribution in [0.2, 0.25) is 0 Å². The lowest BCUT2D eigenvalue weighted by Gasteiger charge is -2.54. The van der Waals surface area contributed by atoms with E-state index < -0.39 is 0 Å². The molecule has 4 saturated carbocycles. The van der Waals surface area contributed by atoms with Crippen molar-refractivity contribution in [2.45, 2.75) is 95.6 Å². The van der Waals surface area contributed by atoms with Crippen LogP contribution in [-0.2, 0) is 0 Å². The molecule has 0 aromatic heterocycles. The maximum absolute atomic E-state index is 8.91. The zero-order valence-corrected chi connectivity index (χ0v) is 15.5. The van der Waals surface area contributed by atoms with Gasteiger partial charge in [0.2, 0.25) is 0 Å². The van der Waals surface area contributed by atoms with Gasteiger partial charge in [0.1, 0.15) is 0 Å². The second kappa shape index (κ2) is 8.85. The van der Waals surface area contributed by atoms with Gasteiger partial charge in [0.25, 0.3) is 0 Å². The fraction of sp³-hybridized carbons (Fsp3) is 0.909. The van der Waals surface area contributed by atoms with Gasteiger partial charge in [-0.2, -0.15) is 0 Å². The van der Waals surface area contributed by atoms with E-state index in [2.05, 4.69) is 12.7 Å². The van der Waals surface area contributed by atoms with Crippen LogP contribution >= 0.6 is 0 Å². The summed E-state index contributed by atoms with van der Waals surface area (Å²) in [7, 11) is 0. The van der Waals surface area contributed by atoms with Gasteiger partial charge < -0.3 is 10.8 Å². The van der Waals surface area contributed by atoms with Gasteiger partial charge in [-0.1, -0.05) is 51.0 Å². The van der Waals surface area contributed by atoms with E-state index in [4.69, 9.17) is 10.8 Å². The molecule has 0 bridgehead atoms. The van der Waals surface area contributed by atoms with Gasteiger partial charge >= 0.3 is 0 Å². The van der Waals surface area contributed by atoms with Crippen LogP contribution in [0.3, 0.4) is 0 Å². The molecule has 4 atom stereocenters. The van der Waals surface area contributed by atoms with Crippen LogP contribution in [-0.4, -0.2) is 17.3 Å². The fourth-order valence-electron chi connectivity index (χ4n) is 6.35. The molecule has 0 aromatic rings. The van der Waals surface area contributed by atoms with Crippen molar-refractivity contribution in [1.82, 2.24) is 0 Å². The van der Waals surface area contributed by atoms with Gasteiger partial charge in [0.15, 0.2) is 0 Å². The van der Waals surface area contributed by atoms with Crippen LogP contribution in [0.25, 0.3) is 0 Å². The Bertz CT molecular complexity index is 365. The smallest absolute Gasteiger partial charge is 0.0540 e. The third kappa shape index (κ3) is 4.07. The van der Waals surface area contributed by atoms with Crippen molar-refractivity contribution in [1.29, 1.82) is 0 Å². The van der Waals surface area contributed by atoms with Gasteiger partial charge in [-0.15, -0.1) is 6.58 Å². The van der Waals surface area contributed by atoms with E-state index in [-0.39, 0.29) is 6.10 Å². The molecule has 2 nitrogen and oxygen atoms in total. The van der Waals surface area contributed by atoms with Crippen molar-refractivity contribution in [3.05, 3.63) is 12.7 Å². The maximum Gasteiger partial charge on any atom is 0.0540 e. The highest BCUT2D eigenvalue weighted by Crippen LogP contribution is 2.52. The van der Waals surface area contributed by atoms with Crippen molar-refractivity contribution >= 4 is 0 Å². The Morgan fingerprint density at radius 2 is 1.08 bits per heavy atom. The predicted molar refractivity (Wildman–Crippen MR) is 102 cm³/mol. The summed E-state index contributed by atoms with van der Waals surface area (Å²) in [5.74, 6) is 4.15.